The largest absolute Gasteiger partial charge is 0.390 e. The van der Waals surface area contributed by atoms with E-state index < -0.39 is 18.1 Å². The number of hydrogen-bond donors (Lipinski definition) is 3. The van der Waals surface area contributed by atoms with Gasteiger partial charge in [-0.2, -0.15) is 5.26 Å². The summed E-state index contributed by atoms with van der Waals surface area (Å²) in [6.45, 7) is 0. The summed E-state index contributed by atoms with van der Waals surface area (Å²) in [5, 5.41) is 26.5. The molecule has 0 radical (unpaired) electrons. The van der Waals surface area contributed by atoms with Crippen molar-refractivity contribution in [2.75, 3.05) is 0 Å². The van der Waals surface area contributed by atoms with Gasteiger partial charge in [0, 0.05) is 6.04 Å². The normalized spacial score (nSPS) is 47.0. The average Bonchev–Trinajstić information content (AvgIpc) is 2.09. The van der Waals surface area contributed by atoms with Crippen LogP contribution in [0, 0.1) is 17.2 Å². The van der Waals surface area contributed by atoms with Crippen LogP contribution in [0.1, 0.15) is 6.42 Å². The van der Waals surface area contributed by atoms with Gasteiger partial charge >= 0.3 is 0 Å². The number of aliphatic hydroxyl groups is 2. The van der Waals surface area contributed by atoms with Gasteiger partial charge in [-0.05, 0) is 6.42 Å². The van der Waals surface area contributed by atoms with Gasteiger partial charge in [-0.1, -0.05) is 0 Å². The highest BCUT2D eigenvalue weighted by Gasteiger charge is 2.39. The smallest absolute Gasteiger partial charge is 0.0972 e. The van der Waals surface area contributed by atoms with Crippen LogP contribution < -0.4 is 5.73 Å². The summed E-state index contributed by atoms with van der Waals surface area (Å²) in [5.74, 6) is -0.602. The van der Waals surface area contributed by atoms with E-state index in [0.717, 1.165) is 0 Å². The molecule has 0 aromatic rings. The molecule has 0 aromatic carbocycles. The minimum absolute atomic E-state index is 0.319. The molecule has 1 aliphatic rings. The lowest BCUT2D eigenvalue weighted by Gasteiger charge is -2.09. The number of nitrogens with zero attached hydrogens (tertiary/aromatic N) is 1. The maximum absolute atomic E-state index is 9.08. The fraction of sp³-hybridized carbons (Fsp3) is 0.833. The van der Waals surface area contributed by atoms with E-state index in [1.165, 1.54) is 0 Å². The van der Waals surface area contributed by atoms with Crippen molar-refractivity contribution in [1.82, 2.24) is 0 Å². The van der Waals surface area contributed by atoms with Crippen LogP contribution in [0.15, 0.2) is 0 Å². The summed E-state index contributed by atoms with van der Waals surface area (Å²) in [6.07, 6.45) is -1.46. The quantitative estimate of drug-likeness (QED) is 0.387. The predicted molar refractivity (Wildman–Crippen MR) is 33.7 cm³/mol. The van der Waals surface area contributed by atoms with Crippen LogP contribution in [0.3, 0.4) is 0 Å². The third kappa shape index (κ3) is 0.991. The van der Waals surface area contributed by atoms with E-state index in [1.807, 2.05) is 6.07 Å². The number of hydrogen-bond acceptors (Lipinski definition) is 4. The van der Waals surface area contributed by atoms with E-state index in [2.05, 4.69) is 0 Å². The Morgan fingerprint density at radius 1 is 1.50 bits per heavy atom. The highest BCUT2D eigenvalue weighted by Crippen LogP contribution is 2.24. The zero-order chi connectivity index (χ0) is 7.72. The van der Waals surface area contributed by atoms with Crippen molar-refractivity contribution in [2.24, 2.45) is 11.7 Å². The molecular weight excluding hydrogens is 132 g/mol. The monoisotopic (exact) mass is 142 g/mol. The molecule has 1 saturated carbocycles. The third-order valence-corrected chi connectivity index (χ3v) is 1.89. The molecule has 4 N–H and O–H groups in total. The summed E-state index contributed by atoms with van der Waals surface area (Å²) in [7, 11) is 0. The van der Waals surface area contributed by atoms with E-state index in [0.29, 0.717) is 6.42 Å². The molecule has 4 nitrogen and oxygen atoms in total. The second-order valence-corrected chi connectivity index (χ2v) is 2.61. The fourth-order valence-corrected chi connectivity index (χ4v) is 1.23. The van der Waals surface area contributed by atoms with E-state index in [9.17, 15) is 0 Å². The van der Waals surface area contributed by atoms with E-state index in [-0.39, 0.29) is 6.04 Å². The molecule has 0 saturated heterocycles. The van der Waals surface area contributed by atoms with Gasteiger partial charge in [0.25, 0.3) is 0 Å². The molecule has 0 aromatic heterocycles. The molecule has 1 fully saturated rings. The second kappa shape index (κ2) is 2.54. The SMILES string of the molecule is N#C[C@@H]1[C@H](O)[C@@H](O)C[C@H]1N. The Kier molecular flexibility index (Phi) is 1.90. The number of rotatable bonds is 0. The van der Waals surface area contributed by atoms with Crippen molar-refractivity contribution < 1.29 is 10.2 Å². The van der Waals surface area contributed by atoms with Crippen molar-refractivity contribution in [3.63, 3.8) is 0 Å². The standard InChI is InChI=1S/C6H10N2O2/c7-2-3-4(8)1-5(9)6(3)10/h3-6,9-10H,1,8H2/t3-,4+,5-,6-/m0/s1. The molecule has 0 aliphatic heterocycles. The lowest BCUT2D eigenvalue weighted by Crippen LogP contribution is -2.29. The Labute approximate surface area is 58.9 Å². The molecule has 1 aliphatic carbocycles. The molecule has 0 heterocycles. The predicted octanol–water partition coefficient (Wildman–Crippen LogP) is -1.42. The second-order valence-electron chi connectivity index (χ2n) is 2.61. The third-order valence-electron chi connectivity index (χ3n) is 1.89. The summed E-state index contributed by atoms with van der Waals surface area (Å²) in [6, 6.07) is 1.48. The van der Waals surface area contributed by atoms with Crippen molar-refractivity contribution in [3.8, 4) is 6.07 Å². The van der Waals surface area contributed by atoms with E-state index in [4.69, 9.17) is 21.2 Å². The van der Waals surface area contributed by atoms with Crippen molar-refractivity contribution in [3.05, 3.63) is 0 Å². The van der Waals surface area contributed by atoms with E-state index in [1.54, 1.807) is 0 Å². The van der Waals surface area contributed by atoms with Crippen LogP contribution >= 0.6 is 0 Å². The molecule has 1 rings (SSSR count). The van der Waals surface area contributed by atoms with Crippen LogP contribution in [0.5, 0.6) is 0 Å². The first-order valence-electron chi connectivity index (χ1n) is 3.18. The zero-order valence-corrected chi connectivity index (χ0v) is 5.44. The zero-order valence-electron chi connectivity index (χ0n) is 5.44. The average molecular weight is 142 g/mol. The van der Waals surface area contributed by atoms with Gasteiger partial charge in [0.1, 0.15) is 0 Å². The first-order valence-corrected chi connectivity index (χ1v) is 3.18. The Hall–Kier alpha value is -0.630. The Bertz CT molecular complexity index is 166. The van der Waals surface area contributed by atoms with Crippen LogP contribution in [-0.4, -0.2) is 28.5 Å². The molecule has 56 valence electrons. The fourth-order valence-electron chi connectivity index (χ4n) is 1.23. The summed E-state index contributed by atoms with van der Waals surface area (Å²) in [5.41, 5.74) is 5.43. The number of nitrogens with two attached hydrogens (primary N) is 1. The van der Waals surface area contributed by atoms with Crippen molar-refractivity contribution in [2.45, 2.75) is 24.7 Å². The van der Waals surface area contributed by atoms with Crippen molar-refractivity contribution in [1.29, 1.82) is 5.26 Å². The van der Waals surface area contributed by atoms with E-state index >= 15 is 0 Å². The summed E-state index contributed by atoms with van der Waals surface area (Å²) >= 11 is 0. The molecular formula is C6H10N2O2. The molecule has 0 unspecified atom stereocenters. The van der Waals surface area contributed by atoms with Gasteiger partial charge in [0.15, 0.2) is 0 Å². The van der Waals surface area contributed by atoms with Gasteiger partial charge in [0.2, 0.25) is 0 Å². The number of nitriles is 1. The first kappa shape index (κ1) is 7.48. The lowest BCUT2D eigenvalue weighted by molar-refractivity contribution is 0.0310. The molecule has 4 heteroatoms. The Balaban J connectivity index is 2.66. The van der Waals surface area contributed by atoms with Crippen molar-refractivity contribution >= 4 is 0 Å². The number of aliphatic hydroxyl groups excluding tert-OH is 2. The molecule has 0 amide bonds. The van der Waals surface area contributed by atoms with Crippen LogP contribution in [0.4, 0.5) is 0 Å². The van der Waals surface area contributed by atoms with Crippen LogP contribution in [0.25, 0.3) is 0 Å². The maximum atomic E-state index is 9.08. The Morgan fingerprint density at radius 2 is 2.10 bits per heavy atom. The van der Waals surface area contributed by atoms with Gasteiger partial charge in [-0.3, -0.25) is 0 Å². The summed E-state index contributed by atoms with van der Waals surface area (Å²) in [4.78, 5) is 0. The van der Waals surface area contributed by atoms with Gasteiger partial charge < -0.3 is 15.9 Å². The highest BCUT2D eigenvalue weighted by atomic mass is 16.3. The maximum Gasteiger partial charge on any atom is 0.0972 e. The van der Waals surface area contributed by atoms with Crippen LogP contribution in [-0.2, 0) is 0 Å². The lowest BCUT2D eigenvalue weighted by atomic mass is 10.1. The molecule has 0 bridgehead atoms. The summed E-state index contributed by atoms with van der Waals surface area (Å²) < 4.78 is 0. The highest BCUT2D eigenvalue weighted by molar-refractivity contribution is 5.04. The molecule has 0 spiro atoms. The van der Waals surface area contributed by atoms with Gasteiger partial charge in [0.05, 0.1) is 24.2 Å². The van der Waals surface area contributed by atoms with Crippen LogP contribution in [0.2, 0.25) is 0 Å². The minimum atomic E-state index is -0.958. The Morgan fingerprint density at radius 3 is 2.30 bits per heavy atom. The topological polar surface area (TPSA) is 90.3 Å². The minimum Gasteiger partial charge on any atom is -0.390 e. The molecule has 10 heavy (non-hydrogen) atoms. The van der Waals surface area contributed by atoms with Gasteiger partial charge in [-0.15, -0.1) is 0 Å². The molecule has 4 atom stereocenters. The first-order chi connectivity index (χ1) is 4.66. The van der Waals surface area contributed by atoms with Gasteiger partial charge in [-0.25, -0.2) is 0 Å².